The molecule has 0 saturated carbocycles. The molecular formula is C16H25NO2. The Kier molecular flexibility index (Phi) is 4.70. The zero-order valence-corrected chi connectivity index (χ0v) is 12.5. The summed E-state index contributed by atoms with van der Waals surface area (Å²) >= 11 is 0. The maximum absolute atomic E-state index is 5.50. The molecule has 1 atom stereocenters. The first-order valence-electron chi connectivity index (χ1n) is 7.13. The van der Waals surface area contributed by atoms with Gasteiger partial charge in [-0.15, -0.1) is 0 Å². The monoisotopic (exact) mass is 263 g/mol. The van der Waals surface area contributed by atoms with Crippen LogP contribution in [0.25, 0.3) is 0 Å². The van der Waals surface area contributed by atoms with E-state index in [1.807, 2.05) is 6.07 Å². The molecule has 0 unspecified atom stereocenters. The summed E-state index contributed by atoms with van der Waals surface area (Å²) in [5.74, 6) is 1.88. The van der Waals surface area contributed by atoms with E-state index >= 15 is 0 Å². The Morgan fingerprint density at radius 3 is 2.68 bits per heavy atom. The number of benzene rings is 1. The molecule has 0 aromatic heterocycles. The molecular weight excluding hydrogens is 238 g/mol. The molecule has 0 saturated heterocycles. The van der Waals surface area contributed by atoms with Crippen molar-refractivity contribution in [1.29, 1.82) is 0 Å². The van der Waals surface area contributed by atoms with Crippen molar-refractivity contribution in [2.75, 3.05) is 27.8 Å². The summed E-state index contributed by atoms with van der Waals surface area (Å²) in [5, 5.41) is 0. The molecule has 19 heavy (non-hydrogen) atoms. The van der Waals surface area contributed by atoms with E-state index in [2.05, 4.69) is 24.9 Å². The molecule has 0 spiro atoms. The Bertz CT molecular complexity index is 431. The van der Waals surface area contributed by atoms with Crippen LogP contribution in [-0.4, -0.2) is 38.8 Å². The van der Waals surface area contributed by atoms with Crippen LogP contribution in [0.3, 0.4) is 0 Å². The number of methoxy groups -OCH3 is 2. The molecule has 1 aliphatic carbocycles. The Balaban J connectivity index is 2.23. The van der Waals surface area contributed by atoms with Gasteiger partial charge in [0.2, 0.25) is 0 Å². The van der Waals surface area contributed by atoms with Crippen LogP contribution in [0, 0.1) is 0 Å². The average Bonchev–Trinajstić information content (AvgIpc) is 2.45. The van der Waals surface area contributed by atoms with Crippen molar-refractivity contribution in [3.05, 3.63) is 23.3 Å². The van der Waals surface area contributed by atoms with E-state index in [9.17, 15) is 0 Å². The fourth-order valence-corrected chi connectivity index (χ4v) is 3.02. The van der Waals surface area contributed by atoms with E-state index in [1.54, 1.807) is 14.2 Å². The number of nitrogens with zero attached hydrogens (tertiary/aromatic N) is 1. The third-order valence-electron chi connectivity index (χ3n) is 4.11. The van der Waals surface area contributed by atoms with Gasteiger partial charge in [0.05, 0.1) is 14.2 Å². The highest BCUT2D eigenvalue weighted by atomic mass is 16.5. The fraction of sp³-hybridized carbons (Fsp3) is 0.625. The van der Waals surface area contributed by atoms with Crippen molar-refractivity contribution < 1.29 is 9.47 Å². The number of likely N-dealkylation sites (N-methyl/N-ethyl adjacent to an activating group) is 1. The lowest BCUT2D eigenvalue weighted by Crippen LogP contribution is -2.37. The maximum atomic E-state index is 5.50. The van der Waals surface area contributed by atoms with Gasteiger partial charge < -0.3 is 14.4 Å². The van der Waals surface area contributed by atoms with Gasteiger partial charge in [-0.3, -0.25) is 0 Å². The highest BCUT2D eigenvalue weighted by molar-refractivity contribution is 5.48. The summed E-state index contributed by atoms with van der Waals surface area (Å²) in [4.78, 5) is 2.48. The van der Waals surface area contributed by atoms with Crippen LogP contribution < -0.4 is 9.47 Å². The van der Waals surface area contributed by atoms with Gasteiger partial charge in [0, 0.05) is 12.1 Å². The van der Waals surface area contributed by atoms with Crippen LogP contribution in [0.1, 0.15) is 30.9 Å². The molecule has 0 bridgehead atoms. The van der Waals surface area contributed by atoms with Crippen molar-refractivity contribution in [3.63, 3.8) is 0 Å². The van der Waals surface area contributed by atoms with Crippen LogP contribution in [0.15, 0.2) is 12.1 Å². The number of rotatable bonds is 5. The molecule has 1 aliphatic rings. The lowest BCUT2D eigenvalue weighted by atomic mass is 9.86. The Morgan fingerprint density at radius 2 is 2.05 bits per heavy atom. The van der Waals surface area contributed by atoms with Gasteiger partial charge in [0.25, 0.3) is 0 Å². The smallest absolute Gasteiger partial charge is 0.126 e. The second-order valence-electron chi connectivity index (χ2n) is 5.34. The van der Waals surface area contributed by atoms with Crippen LogP contribution in [0.2, 0.25) is 0 Å². The van der Waals surface area contributed by atoms with Gasteiger partial charge in [-0.1, -0.05) is 6.92 Å². The molecule has 0 heterocycles. The van der Waals surface area contributed by atoms with E-state index in [-0.39, 0.29) is 0 Å². The van der Waals surface area contributed by atoms with Gasteiger partial charge >= 0.3 is 0 Å². The second-order valence-corrected chi connectivity index (χ2v) is 5.34. The number of ether oxygens (including phenoxy) is 2. The average molecular weight is 263 g/mol. The molecule has 1 aromatic carbocycles. The van der Waals surface area contributed by atoms with Crippen LogP contribution >= 0.6 is 0 Å². The van der Waals surface area contributed by atoms with Crippen LogP contribution in [0.5, 0.6) is 11.5 Å². The Labute approximate surface area is 116 Å². The standard InChI is InChI=1S/C16H25NO2/c1-5-8-17(2)13-6-7-15-12(9-13)10-14(18-3)11-16(15)19-4/h10-11,13H,5-9H2,1-4H3/t13-/m0/s1. The fourth-order valence-electron chi connectivity index (χ4n) is 3.02. The van der Waals surface area contributed by atoms with Crippen molar-refractivity contribution in [2.24, 2.45) is 0 Å². The molecule has 2 rings (SSSR count). The predicted octanol–water partition coefficient (Wildman–Crippen LogP) is 2.90. The summed E-state index contributed by atoms with van der Waals surface area (Å²) < 4.78 is 10.9. The highest BCUT2D eigenvalue weighted by Crippen LogP contribution is 2.35. The maximum Gasteiger partial charge on any atom is 0.126 e. The summed E-state index contributed by atoms with van der Waals surface area (Å²) in [6.07, 6.45) is 4.62. The van der Waals surface area contributed by atoms with Gasteiger partial charge in [-0.2, -0.15) is 0 Å². The van der Waals surface area contributed by atoms with E-state index in [4.69, 9.17) is 9.47 Å². The van der Waals surface area contributed by atoms with Crippen molar-refractivity contribution >= 4 is 0 Å². The van der Waals surface area contributed by atoms with Crippen LogP contribution in [0.4, 0.5) is 0 Å². The van der Waals surface area contributed by atoms with E-state index < -0.39 is 0 Å². The summed E-state index contributed by atoms with van der Waals surface area (Å²) in [6.45, 7) is 3.40. The van der Waals surface area contributed by atoms with Gasteiger partial charge in [0.15, 0.2) is 0 Å². The van der Waals surface area contributed by atoms with Crippen molar-refractivity contribution in [1.82, 2.24) is 4.90 Å². The molecule has 0 aliphatic heterocycles. The Hall–Kier alpha value is -1.22. The zero-order valence-electron chi connectivity index (χ0n) is 12.5. The number of hydrogen-bond donors (Lipinski definition) is 0. The first kappa shape index (κ1) is 14.2. The molecule has 3 nitrogen and oxygen atoms in total. The Morgan fingerprint density at radius 1 is 1.26 bits per heavy atom. The number of hydrogen-bond acceptors (Lipinski definition) is 3. The second kappa shape index (κ2) is 6.29. The molecule has 0 fully saturated rings. The summed E-state index contributed by atoms with van der Waals surface area (Å²) in [6, 6.07) is 4.81. The minimum Gasteiger partial charge on any atom is -0.497 e. The first-order chi connectivity index (χ1) is 9.19. The topological polar surface area (TPSA) is 21.7 Å². The molecule has 3 heteroatoms. The predicted molar refractivity (Wildman–Crippen MR) is 78.3 cm³/mol. The minimum atomic E-state index is 0.643. The lowest BCUT2D eigenvalue weighted by molar-refractivity contribution is 0.221. The number of fused-ring (bicyclic) bond motifs is 1. The van der Waals surface area contributed by atoms with Gasteiger partial charge in [-0.25, -0.2) is 0 Å². The van der Waals surface area contributed by atoms with Crippen molar-refractivity contribution in [2.45, 2.75) is 38.6 Å². The molecule has 0 radical (unpaired) electrons. The lowest BCUT2D eigenvalue weighted by Gasteiger charge is -2.33. The van der Waals surface area contributed by atoms with E-state index in [1.165, 1.54) is 30.5 Å². The van der Waals surface area contributed by atoms with Crippen LogP contribution in [-0.2, 0) is 12.8 Å². The highest BCUT2D eigenvalue weighted by Gasteiger charge is 2.24. The van der Waals surface area contributed by atoms with Gasteiger partial charge in [0.1, 0.15) is 11.5 Å². The zero-order chi connectivity index (χ0) is 13.8. The minimum absolute atomic E-state index is 0.643. The van der Waals surface area contributed by atoms with E-state index in [0.717, 1.165) is 24.3 Å². The molecule has 1 aromatic rings. The molecule has 106 valence electrons. The normalized spacial score (nSPS) is 18.3. The third-order valence-corrected chi connectivity index (χ3v) is 4.11. The quantitative estimate of drug-likeness (QED) is 0.815. The van der Waals surface area contributed by atoms with Crippen molar-refractivity contribution in [3.8, 4) is 11.5 Å². The molecule has 0 N–H and O–H groups in total. The third kappa shape index (κ3) is 3.03. The first-order valence-corrected chi connectivity index (χ1v) is 7.13. The SMILES string of the molecule is CCCN(C)[C@H]1CCc2c(cc(OC)cc2OC)C1. The summed E-state index contributed by atoms with van der Waals surface area (Å²) in [5.41, 5.74) is 2.75. The summed E-state index contributed by atoms with van der Waals surface area (Å²) in [7, 11) is 5.69. The largest absolute Gasteiger partial charge is 0.497 e. The van der Waals surface area contributed by atoms with Gasteiger partial charge in [-0.05, 0) is 56.5 Å². The van der Waals surface area contributed by atoms with E-state index in [0.29, 0.717) is 6.04 Å². The molecule has 0 amide bonds.